The number of benzene rings is 1. The summed E-state index contributed by atoms with van der Waals surface area (Å²) < 4.78 is 5.64. The number of morpholine rings is 1. The minimum atomic E-state index is 0.170. The van der Waals surface area contributed by atoms with Gasteiger partial charge in [-0.3, -0.25) is 4.90 Å². The quantitative estimate of drug-likeness (QED) is 0.898. The second kappa shape index (κ2) is 7.21. The highest BCUT2D eigenvalue weighted by molar-refractivity contribution is 5.26. The Bertz CT molecular complexity index is 421. The van der Waals surface area contributed by atoms with E-state index in [1.165, 1.54) is 11.1 Å². The van der Waals surface area contributed by atoms with Crippen molar-refractivity contribution >= 4 is 0 Å². The van der Waals surface area contributed by atoms with Gasteiger partial charge >= 0.3 is 0 Å². The molecule has 1 aromatic carbocycles. The molecule has 20 heavy (non-hydrogen) atoms. The second-order valence-corrected chi connectivity index (χ2v) is 5.81. The van der Waals surface area contributed by atoms with E-state index in [9.17, 15) is 0 Å². The van der Waals surface area contributed by atoms with Crippen LogP contribution >= 0.6 is 0 Å². The Balaban J connectivity index is 2.31. The monoisotopic (exact) mass is 276 g/mol. The van der Waals surface area contributed by atoms with Crippen molar-refractivity contribution in [3.05, 3.63) is 35.4 Å². The first-order valence-corrected chi connectivity index (χ1v) is 7.83. The van der Waals surface area contributed by atoms with Crippen LogP contribution in [0.3, 0.4) is 0 Å². The molecular formula is C17H28N2O. The minimum absolute atomic E-state index is 0.170. The summed E-state index contributed by atoms with van der Waals surface area (Å²) in [5, 5.41) is 0. The van der Waals surface area contributed by atoms with Crippen LogP contribution < -0.4 is 5.73 Å². The predicted molar refractivity (Wildman–Crippen MR) is 83.8 cm³/mol. The van der Waals surface area contributed by atoms with E-state index in [1.54, 1.807) is 0 Å². The smallest absolute Gasteiger partial charge is 0.0622 e. The fraction of sp³-hybridized carbons (Fsp3) is 0.647. The van der Waals surface area contributed by atoms with Gasteiger partial charge in [0.2, 0.25) is 0 Å². The van der Waals surface area contributed by atoms with Crippen molar-refractivity contribution in [2.45, 2.75) is 51.7 Å². The lowest BCUT2D eigenvalue weighted by Crippen LogP contribution is -2.51. The van der Waals surface area contributed by atoms with Crippen molar-refractivity contribution < 1.29 is 4.74 Å². The molecule has 1 aliphatic rings. The Morgan fingerprint density at radius 3 is 2.85 bits per heavy atom. The first-order valence-electron chi connectivity index (χ1n) is 7.83. The van der Waals surface area contributed by atoms with Crippen LogP contribution in [0.5, 0.6) is 0 Å². The molecule has 0 radical (unpaired) electrons. The molecule has 0 spiro atoms. The molecule has 0 aromatic heterocycles. The van der Waals surface area contributed by atoms with Crippen molar-refractivity contribution in [2.24, 2.45) is 5.73 Å². The topological polar surface area (TPSA) is 38.5 Å². The summed E-state index contributed by atoms with van der Waals surface area (Å²) in [7, 11) is 0. The maximum absolute atomic E-state index is 6.46. The molecule has 1 heterocycles. The van der Waals surface area contributed by atoms with Gasteiger partial charge in [-0.25, -0.2) is 0 Å². The zero-order chi connectivity index (χ0) is 14.5. The minimum Gasteiger partial charge on any atom is -0.378 e. The first-order chi connectivity index (χ1) is 9.67. The Morgan fingerprint density at radius 2 is 2.20 bits per heavy atom. The molecule has 0 saturated carbocycles. The zero-order valence-electron chi connectivity index (χ0n) is 13.0. The standard InChI is InChI=1S/C17H28N2O/c1-4-15-12-20-10-9-19(15)17(16(18)5-2)14-8-6-7-13(3)11-14/h6-8,11,15-17H,4-5,9-10,12,18H2,1-3H3. The molecule has 1 fully saturated rings. The molecular weight excluding hydrogens is 248 g/mol. The Kier molecular flexibility index (Phi) is 5.58. The third-order valence-corrected chi connectivity index (χ3v) is 4.36. The largest absolute Gasteiger partial charge is 0.378 e. The van der Waals surface area contributed by atoms with Gasteiger partial charge in [-0.05, 0) is 25.3 Å². The molecule has 2 N–H and O–H groups in total. The summed E-state index contributed by atoms with van der Waals surface area (Å²) in [6.45, 7) is 9.18. The van der Waals surface area contributed by atoms with E-state index in [0.717, 1.165) is 32.6 Å². The molecule has 0 amide bonds. The number of hydrogen-bond acceptors (Lipinski definition) is 3. The van der Waals surface area contributed by atoms with Crippen LogP contribution in [0, 0.1) is 6.92 Å². The number of hydrogen-bond donors (Lipinski definition) is 1. The highest BCUT2D eigenvalue weighted by Crippen LogP contribution is 2.30. The Hall–Kier alpha value is -0.900. The predicted octanol–water partition coefficient (Wildman–Crippen LogP) is 2.88. The van der Waals surface area contributed by atoms with Gasteiger partial charge in [-0.1, -0.05) is 43.7 Å². The fourth-order valence-electron chi connectivity index (χ4n) is 3.15. The second-order valence-electron chi connectivity index (χ2n) is 5.81. The summed E-state index contributed by atoms with van der Waals surface area (Å²) in [6, 6.07) is 9.73. The van der Waals surface area contributed by atoms with E-state index in [-0.39, 0.29) is 6.04 Å². The van der Waals surface area contributed by atoms with Crippen LogP contribution in [0.25, 0.3) is 0 Å². The maximum Gasteiger partial charge on any atom is 0.0622 e. The summed E-state index contributed by atoms with van der Waals surface area (Å²) in [6.07, 6.45) is 2.10. The van der Waals surface area contributed by atoms with Crippen molar-refractivity contribution in [3.63, 3.8) is 0 Å². The molecule has 0 aliphatic carbocycles. The van der Waals surface area contributed by atoms with Gasteiger partial charge in [-0.15, -0.1) is 0 Å². The van der Waals surface area contributed by atoms with Gasteiger partial charge in [-0.2, -0.15) is 0 Å². The van der Waals surface area contributed by atoms with Gasteiger partial charge in [0.05, 0.1) is 19.3 Å². The molecule has 1 aliphatic heterocycles. The van der Waals surface area contributed by atoms with Crippen LogP contribution in [-0.4, -0.2) is 36.7 Å². The van der Waals surface area contributed by atoms with Gasteiger partial charge in [0.15, 0.2) is 0 Å². The van der Waals surface area contributed by atoms with Crippen molar-refractivity contribution in [1.29, 1.82) is 0 Å². The first kappa shape index (κ1) is 15.5. The number of nitrogens with two attached hydrogens (primary N) is 1. The van der Waals surface area contributed by atoms with Gasteiger partial charge in [0.25, 0.3) is 0 Å². The third-order valence-electron chi connectivity index (χ3n) is 4.36. The molecule has 2 rings (SSSR count). The summed E-state index contributed by atoms with van der Waals surface area (Å²) in [5.41, 5.74) is 9.11. The molecule has 3 nitrogen and oxygen atoms in total. The zero-order valence-corrected chi connectivity index (χ0v) is 13.0. The molecule has 1 aromatic rings. The van der Waals surface area contributed by atoms with Crippen molar-refractivity contribution in [1.82, 2.24) is 4.90 Å². The van der Waals surface area contributed by atoms with Crippen LogP contribution in [0.1, 0.15) is 43.9 Å². The lowest BCUT2D eigenvalue weighted by atomic mass is 9.93. The van der Waals surface area contributed by atoms with Gasteiger partial charge < -0.3 is 10.5 Å². The number of nitrogens with zero attached hydrogens (tertiary/aromatic N) is 1. The van der Waals surface area contributed by atoms with Crippen molar-refractivity contribution in [3.8, 4) is 0 Å². The van der Waals surface area contributed by atoms with Crippen LogP contribution in [-0.2, 0) is 4.74 Å². The number of aryl methyl sites for hydroxylation is 1. The van der Waals surface area contributed by atoms with E-state index in [2.05, 4.69) is 49.9 Å². The van der Waals surface area contributed by atoms with E-state index in [0.29, 0.717) is 12.1 Å². The SMILES string of the molecule is CCC(N)C(c1cccc(C)c1)N1CCOCC1CC. The van der Waals surface area contributed by atoms with E-state index >= 15 is 0 Å². The highest BCUT2D eigenvalue weighted by Gasteiger charge is 2.32. The lowest BCUT2D eigenvalue weighted by molar-refractivity contribution is -0.0362. The maximum atomic E-state index is 6.46. The van der Waals surface area contributed by atoms with Gasteiger partial charge in [0, 0.05) is 18.6 Å². The third kappa shape index (κ3) is 3.40. The van der Waals surface area contributed by atoms with E-state index in [4.69, 9.17) is 10.5 Å². The fourth-order valence-corrected chi connectivity index (χ4v) is 3.15. The number of ether oxygens (including phenoxy) is 1. The molecule has 3 unspecified atom stereocenters. The van der Waals surface area contributed by atoms with Crippen molar-refractivity contribution in [2.75, 3.05) is 19.8 Å². The van der Waals surface area contributed by atoms with Crippen LogP contribution in [0.2, 0.25) is 0 Å². The van der Waals surface area contributed by atoms with E-state index < -0.39 is 0 Å². The highest BCUT2D eigenvalue weighted by atomic mass is 16.5. The molecule has 0 bridgehead atoms. The summed E-state index contributed by atoms with van der Waals surface area (Å²) in [5.74, 6) is 0. The molecule has 112 valence electrons. The molecule has 1 saturated heterocycles. The Morgan fingerprint density at radius 1 is 1.40 bits per heavy atom. The lowest BCUT2D eigenvalue weighted by Gasteiger charge is -2.43. The normalized spacial score (nSPS) is 23.5. The van der Waals surface area contributed by atoms with Gasteiger partial charge in [0.1, 0.15) is 0 Å². The Labute approximate surface area is 123 Å². The summed E-state index contributed by atoms with van der Waals surface area (Å²) in [4.78, 5) is 2.56. The van der Waals surface area contributed by atoms with Crippen LogP contribution in [0.15, 0.2) is 24.3 Å². The summed E-state index contributed by atoms with van der Waals surface area (Å²) >= 11 is 0. The van der Waals surface area contributed by atoms with E-state index in [1.807, 2.05) is 0 Å². The average Bonchev–Trinajstić information content (AvgIpc) is 2.48. The van der Waals surface area contributed by atoms with Crippen LogP contribution in [0.4, 0.5) is 0 Å². The average molecular weight is 276 g/mol. The number of rotatable bonds is 5. The molecule has 3 atom stereocenters. The molecule has 3 heteroatoms.